The molecule has 0 amide bonds. The molecule has 3 unspecified atom stereocenters. The van der Waals surface area contributed by atoms with Gasteiger partial charge in [0.1, 0.15) is 6.29 Å². The van der Waals surface area contributed by atoms with Gasteiger partial charge in [-0.2, -0.15) is 0 Å². The van der Waals surface area contributed by atoms with E-state index in [1.54, 1.807) is 0 Å². The molecule has 4 N–H and O–H groups in total. The summed E-state index contributed by atoms with van der Waals surface area (Å²) < 4.78 is 0. The number of fused-ring (bicyclic) bond motifs is 7. The van der Waals surface area contributed by atoms with E-state index >= 15 is 0 Å². The van der Waals surface area contributed by atoms with Gasteiger partial charge in [-0.1, -0.05) is 51.5 Å². The highest BCUT2D eigenvalue weighted by atomic mass is 16.4. The van der Waals surface area contributed by atoms with Crippen LogP contribution < -0.4 is 0 Å². The van der Waals surface area contributed by atoms with E-state index in [2.05, 4.69) is 40.3 Å². The second kappa shape index (κ2) is 8.50. The molecule has 0 heterocycles. The molecule has 0 bridgehead atoms. The smallest absolute Gasteiger partial charge is 0.310 e. The number of aliphatic carboxylic acids is 1. The van der Waals surface area contributed by atoms with Crippen LogP contribution in [-0.4, -0.2) is 51.5 Å². The molecular formula is C31H46O6. The molecule has 0 aliphatic heterocycles. The van der Waals surface area contributed by atoms with E-state index < -0.39 is 34.4 Å². The van der Waals surface area contributed by atoms with Crippen LogP contribution in [-0.2, 0) is 9.59 Å². The van der Waals surface area contributed by atoms with Gasteiger partial charge in [-0.15, -0.1) is 0 Å². The van der Waals surface area contributed by atoms with Crippen LogP contribution in [0.3, 0.4) is 0 Å². The molecular weight excluding hydrogens is 468 g/mol. The molecule has 5 rings (SSSR count). The Balaban J connectivity index is 1.63. The minimum absolute atomic E-state index is 0.0597. The third kappa shape index (κ3) is 3.15. The van der Waals surface area contributed by atoms with Crippen LogP contribution in [0.1, 0.15) is 85.5 Å². The Morgan fingerprint density at radius 1 is 1.14 bits per heavy atom. The van der Waals surface area contributed by atoms with E-state index in [4.69, 9.17) is 0 Å². The van der Waals surface area contributed by atoms with Crippen LogP contribution >= 0.6 is 0 Å². The predicted octanol–water partition coefficient (Wildman–Crippen LogP) is 4.52. The summed E-state index contributed by atoms with van der Waals surface area (Å²) >= 11 is 0. The number of aliphatic hydroxyl groups excluding tert-OH is 3. The minimum Gasteiger partial charge on any atom is -0.481 e. The quantitative estimate of drug-likeness (QED) is 0.324. The van der Waals surface area contributed by atoms with Crippen LogP contribution in [0.2, 0.25) is 0 Å². The molecule has 5 aliphatic carbocycles. The fourth-order valence-electron chi connectivity index (χ4n) is 11.0. The van der Waals surface area contributed by atoms with Crippen LogP contribution in [0, 0.1) is 50.7 Å². The summed E-state index contributed by atoms with van der Waals surface area (Å²) in [6.07, 6.45) is 6.82. The van der Waals surface area contributed by atoms with Gasteiger partial charge in [-0.05, 0) is 91.8 Å². The van der Waals surface area contributed by atoms with Crippen molar-refractivity contribution in [3.8, 4) is 0 Å². The van der Waals surface area contributed by atoms with E-state index in [9.17, 15) is 30.0 Å². The van der Waals surface area contributed by atoms with E-state index in [-0.39, 0.29) is 47.5 Å². The number of aliphatic hydroxyl groups is 3. The van der Waals surface area contributed by atoms with Gasteiger partial charge in [-0.25, -0.2) is 0 Å². The molecule has 5 aliphatic rings. The second-order valence-electron chi connectivity index (χ2n) is 14.1. The van der Waals surface area contributed by atoms with E-state index in [1.807, 2.05) is 0 Å². The van der Waals surface area contributed by atoms with Crippen molar-refractivity contribution in [3.63, 3.8) is 0 Å². The Labute approximate surface area is 221 Å². The average Bonchev–Trinajstić information content (AvgIpc) is 2.84. The average molecular weight is 515 g/mol. The lowest BCUT2D eigenvalue weighted by Gasteiger charge is -2.71. The summed E-state index contributed by atoms with van der Waals surface area (Å²) in [5, 5.41) is 42.5. The zero-order valence-corrected chi connectivity index (χ0v) is 23.0. The second-order valence-corrected chi connectivity index (χ2v) is 14.1. The van der Waals surface area contributed by atoms with Crippen LogP contribution in [0.25, 0.3) is 0 Å². The Morgan fingerprint density at radius 2 is 1.84 bits per heavy atom. The van der Waals surface area contributed by atoms with Crippen molar-refractivity contribution in [1.29, 1.82) is 0 Å². The van der Waals surface area contributed by atoms with E-state index in [0.717, 1.165) is 44.0 Å². The van der Waals surface area contributed by atoms with Crippen molar-refractivity contribution in [2.45, 2.75) is 97.7 Å². The standard InChI is InChI=1S/C31H46O6/c1-18-8-11-30(26(36)37)13-12-28(4)20(24(30)19(18)2)6-7-22-27(3)16-21(34)25(35)31(17-33,14-15-32)23(27)9-10-29(22,28)5/h6,17,19,21-25,32,34-35H,1,7-16H2,2-5H3,(H,36,37)/t19-,21+,22?,23?,24?,25+,27+,28+,29+,30-,31-/m0/s1. The van der Waals surface area contributed by atoms with Crippen molar-refractivity contribution in [1.82, 2.24) is 0 Å². The molecule has 6 nitrogen and oxygen atoms in total. The number of rotatable bonds is 4. The zero-order valence-electron chi connectivity index (χ0n) is 23.0. The Kier molecular flexibility index (Phi) is 6.22. The van der Waals surface area contributed by atoms with Crippen molar-refractivity contribution in [2.75, 3.05) is 6.61 Å². The third-order valence-corrected chi connectivity index (χ3v) is 13.2. The molecule has 6 heteroatoms. The predicted molar refractivity (Wildman–Crippen MR) is 140 cm³/mol. The van der Waals surface area contributed by atoms with Gasteiger partial charge in [0, 0.05) is 12.5 Å². The number of hydrogen-bond donors (Lipinski definition) is 4. The summed E-state index contributed by atoms with van der Waals surface area (Å²) in [5.74, 6) is -0.578. The first-order valence-electron chi connectivity index (χ1n) is 14.3. The summed E-state index contributed by atoms with van der Waals surface area (Å²) in [6, 6.07) is 0. The third-order valence-electron chi connectivity index (χ3n) is 13.2. The van der Waals surface area contributed by atoms with Gasteiger partial charge in [0.05, 0.1) is 23.0 Å². The first kappa shape index (κ1) is 27.1. The Morgan fingerprint density at radius 3 is 2.46 bits per heavy atom. The fraction of sp³-hybridized carbons (Fsp3) is 0.806. The fourth-order valence-corrected chi connectivity index (χ4v) is 11.0. The maximum Gasteiger partial charge on any atom is 0.310 e. The number of carboxylic acids is 1. The molecule has 4 saturated carbocycles. The van der Waals surface area contributed by atoms with Crippen molar-refractivity contribution >= 4 is 12.3 Å². The highest BCUT2D eigenvalue weighted by Crippen LogP contribution is 2.75. The molecule has 4 fully saturated rings. The number of hydrogen-bond acceptors (Lipinski definition) is 5. The van der Waals surface area contributed by atoms with Crippen LogP contribution in [0.4, 0.5) is 0 Å². The topological polar surface area (TPSA) is 115 Å². The maximum atomic E-state index is 12.8. The largest absolute Gasteiger partial charge is 0.481 e. The molecule has 0 spiro atoms. The maximum absolute atomic E-state index is 12.8. The number of carbonyl (C=O) groups is 2. The zero-order chi connectivity index (χ0) is 27.2. The summed E-state index contributed by atoms with van der Waals surface area (Å²) in [7, 11) is 0. The summed E-state index contributed by atoms with van der Waals surface area (Å²) in [4.78, 5) is 25.4. The number of carboxylic acid groups (broad SMARTS) is 1. The van der Waals surface area contributed by atoms with Crippen molar-refractivity contribution in [3.05, 3.63) is 23.8 Å². The van der Waals surface area contributed by atoms with E-state index in [1.165, 1.54) is 5.57 Å². The lowest BCUT2D eigenvalue weighted by Crippen LogP contribution is -2.68. The van der Waals surface area contributed by atoms with Crippen molar-refractivity contribution < 1.29 is 30.0 Å². The van der Waals surface area contributed by atoms with Gasteiger partial charge in [0.2, 0.25) is 0 Å². The molecule has 0 aromatic carbocycles. The molecule has 37 heavy (non-hydrogen) atoms. The number of carbonyl (C=O) groups excluding carboxylic acids is 1. The summed E-state index contributed by atoms with van der Waals surface area (Å²) in [5.41, 5.74) is -0.176. The Hall–Kier alpha value is -1.50. The molecule has 206 valence electrons. The van der Waals surface area contributed by atoms with Gasteiger partial charge in [-0.3, -0.25) is 4.79 Å². The highest BCUT2D eigenvalue weighted by Gasteiger charge is 2.71. The molecule has 0 aromatic heterocycles. The molecule has 0 saturated heterocycles. The molecule has 11 atom stereocenters. The summed E-state index contributed by atoms with van der Waals surface area (Å²) in [6.45, 7) is 13.2. The molecule has 0 aromatic rings. The lowest BCUT2D eigenvalue weighted by molar-refractivity contribution is -0.234. The van der Waals surface area contributed by atoms with Gasteiger partial charge >= 0.3 is 5.97 Å². The first-order valence-corrected chi connectivity index (χ1v) is 14.3. The van der Waals surface area contributed by atoms with Crippen molar-refractivity contribution in [2.24, 2.45) is 50.7 Å². The van der Waals surface area contributed by atoms with Gasteiger partial charge in [0.25, 0.3) is 0 Å². The van der Waals surface area contributed by atoms with Crippen LogP contribution in [0.5, 0.6) is 0 Å². The van der Waals surface area contributed by atoms with Gasteiger partial charge < -0.3 is 25.2 Å². The number of allylic oxidation sites excluding steroid dienone is 3. The SMILES string of the molecule is C=C1CC[C@]2(C(=O)O)CC[C@]3(C)C(=CCC4[C@@]5(C)C[C@@H](O)[C@@H](O)[C@](C=O)(CCO)C5CC[C@]43C)C2[C@H]1C. The normalized spacial score (nSPS) is 53.2. The van der Waals surface area contributed by atoms with Gasteiger partial charge in [0.15, 0.2) is 0 Å². The Bertz CT molecular complexity index is 1030. The monoisotopic (exact) mass is 514 g/mol. The lowest BCUT2D eigenvalue weighted by atomic mass is 9.33. The minimum atomic E-state index is -1.18. The highest BCUT2D eigenvalue weighted by molar-refractivity contribution is 5.77. The van der Waals surface area contributed by atoms with Crippen LogP contribution in [0.15, 0.2) is 23.8 Å². The molecule has 0 radical (unpaired) electrons. The first-order chi connectivity index (χ1) is 17.3. The van der Waals surface area contributed by atoms with E-state index in [0.29, 0.717) is 19.3 Å². The number of aldehydes is 1.